The predicted molar refractivity (Wildman–Crippen MR) is 69.5 cm³/mol. The summed E-state index contributed by atoms with van der Waals surface area (Å²) in [6, 6.07) is 0.216. The fourth-order valence-corrected chi connectivity index (χ4v) is 2.83. The third kappa shape index (κ3) is 3.21. The van der Waals surface area contributed by atoms with Crippen molar-refractivity contribution in [2.75, 3.05) is 6.61 Å². The lowest BCUT2D eigenvalue weighted by molar-refractivity contribution is -0.100. The van der Waals surface area contributed by atoms with E-state index in [0.717, 1.165) is 32.3 Å². The summed E-state index contributed by atoms with van der Waals surface area (Å²) in [5, 5.41) is 0. The van der Waals surface area contributed by atoms with Crippen LogP contribution in [0.4, 0.5) is 0 Å². The van der Waals surface area contributed by atoms with Crippen molar-refractivity contribution in [1.29, 1.82) is 0 Å². The van der Waals surface area contributed by atoms with E-state index in [1.165, 1.54) is 12.8 Å². The second kappa shape index (κ2) is 5.50. The minimum absolute atomic E-state index is 0.0275. The predicted octanol–water partition coefficient (Wildman–Crippen LogP) is 3.49. The van der Waals surface area contributed by atoms with Gasteiger partial charge in [-0.05, 0) is 44.4 Å². The maximum Gasteiger partial charge on any atom is 0.0832 e. The average Bonchev–Trinajstić information content (AvgIpc) is 2.22. The van der Waals surface area contributed by atoms with Crippen molar-refractivity contribution in [2.24, 2.45) is 11.1 Å². The van der Waals surface area contributed by atoms with Crippen molar-refractivity contribution in [3.05, 3.63) is 0 Å². The molecule has 1 atom stereocenters. The van der Waals surface area contributed by atoms with Crippen LogP contribution in [0.5, 0.6) is 0 Å². The van der Waals surface area contributed by atoms with Crippen molar-refractivity contribution < 1.29 is 4.74 Å². The molecular weight excluding hydrogens is 198 g/mol. The average molecular weight is 227 g/mol. The third-order valence-corrected chi connectivity index (χ3v) is 4.16. The molecule has 2 nitrogen and oxygen atoms in total. The fraction of sp³-hybridized carbons (Fsp3) is 1.00. The summed E-state index contributed by atoms with van der Waals surface area (Å²) in [5.41, 5.74) is 6.79. The third-order valence-electron chi connectivity index (χ3n) is 4.16. The van der Waals surface area contributed by atoms with Gasteiger partial charge in [-0.2, -0.15) is 0 Å². The molecule has 1 saturated carbocycles. The molecule has 0 radical (unpaired) electrons. The zero-order valence-corrected chi connectivity index (χ0v) is 11.5. The molecule has 1 fully saturated rings. The maximum absolute atomic E-state index is 6.34. The lowest BCUT2D eigenvalue weighted by atomic mass is 9.68. The van der Waals surface area contributed by atoms with Crippen LogP contribution in [0, 0.1) is 5.41 Å². The monoisotopic (exact) mass is 227 g/mol. The quantitative estimate of drug-likeness (QED) is 0.780. The molecule has 1 aliphatic carbocycles. The van der Waals surface area contributed by atoms with Gasteiger partial charge in [0.1, 0.15) is 0 Å². The summed E-state index contributed by atoms with van der Waals surface area (Å²) >= 11 is 0. The minimum atomic E-state index is -0.0275. The van der Waals surface area contributed by atoms with Gasteiger partial charge in [-0.3, -0.25) is 0 Å². The smallest absolute Gasteiger partial charge is 0.0832 e. The molecule has 0 unspecified atom stereocenters. The summed E-state index contributed by atoms with van der Waals surface area (Å²) in [6.45, 7) is 9.78. The molecule has 1 aliphatic rings. The van der Waals surface area contributed by atoms with Crippen LogP contribution in [0.15, 0.2) is 0 Å². The standard InChI is InChI=1S/C14H29NO/c1-5-7-12(15)14(16-6-2)10-8-13(3,4)9-11-14/h12H,5-11,15H2,1-4H3/t12-/m1/s1. The van der Waals surface area contributed by atoms with Gasteiger partial charge in [0.2, 0.25) is 0 Å². The molecule has 0 spiro atoms. The van der Waals surface area contributed by atoms with Gasteiger partial charge in [-0.15, -0.1) is 0 Å². The zero-order chi connectivity index (χ0) is 12.2. The van der Waals surface area contributed by atoms with Crippen LogP contribution in [0.25, 0.3) is 0 Å². The van der Waals surface area contributed by atoms with Gasteiger partial charge in [-0.25, -0.2) is 0 Å². The van der Waals surface area contributed by atoms with Crippen LogP contribution in [0.3, 0.4) is 0 Å². The Kier molecular flexibility index (Phi) is 4.81. The highest BCUT2D eigenvalue weighted by Gasteiger charge is 2.42. The van der Waals surface area contributed by atoms with E-state index in [0.29, 0.717) is 5.41 Å². The lowest BCUT2D eigenvalue weighted by Gasteiger charge is -2.46. The normalized spacial score (nSPS) is 25.3. The molecule has 0 aliphatic heterocycles. The van der Waals surface area contributed by atoms with E-state index in [1.807, 2.05) is 0 Å². The summed E-state index contributed by atoms with van der Waals surface area (Å²) in [4.78, 5) is 0. The van der Waals surface area contributed by atoms with Crippen molar-refractivity contribution in [1.82, 2.24) is 0 Å². The summed E-state index contributed by atoms with van der Waals surface area (Å²) < 4.78 is 6.05. The summed E-state index contributed by atoms with van der Waals surface area (Å²) in [6.07, 6.45) is 6.98. The van der Waals surface area contributed by atoms with E-state index in [2.05, 4.69) is 27.7 Å². The van der Waals surface area contributed by atoms with Crippen LogP contribution in [0.1, 0.15) is 66.2 Å². The van der Waals surface area contributed by atoms with Gasteiger partial charge in [0, 0.05) is 12.6 Å². The first-order chi connectivity index (χ1) is 7.46. The van der Waals surface area contributed by atoms with Crippen LogP contribution in [-0.2, 0) is 4.74 Å². The molecular formula is C14H29NO. The first-order valence-corrected chi connectivity index (χ1v) is 6.85. The van der Waals surface area contributed by atoms with Crippen LogP contribution < -0.4 is 5.73 Å². The molecule has 16 heavy (non-hydrogen) atoms. The Balaban J connectivity index is 2.67. The van der Waals surface area contributed by atoms with Crippen LogP contribution in [0.2, 0.25) is 0 Å². The Bertz CT molecular complexity index is 203. The molecule has 0 aromatic heterocycles. The first-order valence-electron chi connectivity index (χ1n) is 6.85. The van der Waals surface area contributed by atoms with Crippen molar-refractivity contribution in [2.45, 2.75) is 77.9 Å². The number of ether oxygens (including phenoxy) is 1. The van der Waals surface area contributed by atoms with E-state index >= 15 is 0 Å². The SMILES string of the molecule is CCC[C@@H](N)C1(OCC)CCC(C)(C)CC1. The highest BCUT2D eigenvalue weighted by atomic mass is 16.5. The maximum atomic E-state index is 6.34. The molecule has 0 bridgehead atoms. The lowest BCUT2D eigenvalue weighted by Crippen LogP contribution is -2.53. The van der Waals surface area contributed by atoms with Gasteiger partial charge in [-0.1, -0.05) is 27.2 Å². The Morgan fingerprint density at radius 2 is 1.69 bits per heavy atom. The topological polar surface area (TPSA) is 35.2 Å². The number of hydrogen-bond donors (Lipinski definition) is 1. The second-order valence-corrected chi connectivity index (χ2v) is 6.06. The summed E-state index contributed by atoms with van der Waals surface area (Å²) in [5.74, 6) is 0. The molecule has 0 aromatic rings. The first kappa shape index (κ1) is 14.0. The Labute approximate surface area is 101 Å². The van der Waals surface area contributed by atoms with Crippen LogP contribution in [-0.4, -0.2) is 18.2 Å². The molecule has 0 heterocycles. The molecule has 2 N–H and O–H groups in total. The van der Waals surface area contributed by atoms with Gasteiger partial charge in [0.25, 0.3) is 0 Å². The largest absolute Gasteiger partial charge is 0.374 e. The number of rotatable bonds is 5. The number of nitrogens with two attached hydrogens (primary N) is 1. The minimum Gasteiger partial charge on any atom is -0.374 e. The van der Waals surface area contributed by atoms with Gasteiger partial charge in [0.15, 0.2) is 0 Å². The van der Waals surface area contributed by atoms with Gasteiger partial charge < -0.3 is 10.5 Å². The van der Waals surface area contributed by atoms with Crippen molar-refractivity contribution in [3.8, 4) is 0 Å². The van der Waals surface area contributed by atoms with Gasteiger partial charge in [0.05, 0.1) is 5.60 Å². The molecule has 0 saturated heterocycles. The highest BCUT2D eigenvalue weighted by molar-refractivity contribution is 4.97. The Hall–Kier alpha value is -0.0800. The fourth-order valence-electron chi connectivity index (χ4n) is 2.83. The zero-order valence-electron chi connectivity index (χ0n) is 11.5. The second-order valence-electron chi connectivity index (χ2n) is 6.06. The van der Waals surface area contributed by atoms with Crippen molar-refractivity contribution in [3.63, 3.8) is 0 Å². The van der Waals surface area contributed by atoms with E-state index in [-0.39, 0.29) is 11.6 Å². The molecule has 96 valence electrons. The van der Waals surface area contributed by atoms with E-state index in [9.17, 15) is 0 Å². The van der Waals surface area contributed by atoms with E-state index in [1.54, 1.807) is 0 Å². The molecule has 1 rings (SSSR count). The summed E-state index contributed by atoms with van der Waals surface area (Å²) in [7, 11) is 0. The molecule has 2 heteroatoms. The Morgan fingerprint density at radius 1 is 1.12 bits per heavy atom. The van der Waals surface area contributed by atoms with Gasteiger partial charge >= 0.3 is 0 Å². The van der Waals surface area contributed by atoms with Crippen LogP contribution >= 0.6 is 0 Å². The van der Waals surface area contributed by atoms with Crippen molar-refractivity contribution >= 4 is 0 Å². The molecule has 0 amide bonds. The van der Waals surface area contributed by atoms with E-state index in [4.69, 9.17) is 10.5 Å². The Morgan fingerprint density at radius 3 is 2.12 bits per heavy atom. The molecule has 0 aromatic carbocycles. The highest BCUT2D eigenvalue weighted by Crippen LogP contribution is 2.43. The van der Waals surface area contributed by atoms with E-state index < -0.39 is 0 Å². The number of hydrogen-bond acceptors (Lipinski definition) is 2.